The molecule has 2 heteroatoms. The van der Waals surface area contributed by atoms with Gasteiger partial charge in [0.05, 0.1) is 6.26 Å². The lowest BCUT2D eigenvalue weighted by Crippen LogP contribution is -2.49. The van der Waals surface area contributed by atoms with Crippen LogP contribution in [0.25, 0.3) is 0 Å². The molecule has 0 heterocycles. The highest BCUT2D eigenvalue weighted by Gasteiger charge is 2.48. The number of hydrogen-bond donors (Lipinski definition) is 0. The Labute approximate surface area is 99.1 Å². The van der Waals surface area contributed by atoms with Crippen molar-refractivity contribution in [2.24, 2.45) is 10.8 Å². The molecule has 0 atom stereocenters. The molecule has 92 valence electrons. The maximum Gasteiger partial charge on any atom is 0.134 e. The van der Waals surface area contributed by atoms with Crippen molar-refractivity contribution >= 4 is 5.78 Å². The van der Waals surface area contributed by atoms with Gasteiger partial charge in [-0.2, -0.15) is 0 Å². The van der Waals surface area contributed by atoms with Crippen LogP contribution in [0, 0.1) is 10.8 Å². The van der Waals surface area contributed by atoms with Crippen LogP contribution in [0.4, 0.5) is 0 Å². The van der Waals surface area contributed by atoms with E-state index in [1.807, 2.05) is 6.08 Å². The monoisotopic (exact) mass is 224 g/mol. The van der Waals surface area contributed by atoms with E-state index in [9.17, 15) is 4.79 Å². The number of rotatable bonds is 3. The Hall–Kier alpha value is -0.790. The van der Waals surface area contributed by atoms with E-state index in [0.29, 0.717) is 18.6 Å². The molecule has 0 aromatic carbocycles. The van der Waals surface area contributed by atoms with Crippen LogP contribution in [0.2, 0.25) is 0 Å². The van der Waals surface area contributed by atoms with Crippen molar-refractivity contribution in [2.75, 3.05) is 0 Å². The maximum absolute atomic E-state index is 11.7. The Kier molecular flexibility index (Phi) is 3.82. The summed E-state index contributed by atoms with van der Waals surface area (Å²) < 4.78 is 5.87. The molecule has 1 fully saturated rings. The van der Waals surface area contributed by atoms with Gasteiger partial charge >= 0.3 is 0 Å². The summed E-state index contributed by atoms with van der Waals surface area (Å²) in [5.41, 5.74) is -0.145. The zero-order valence-corrected chi connectivity index (χ0v) is 11.2. The predicted octanol–water partition coefficient (Wildman–Crippen LogP) is 3.71. The average Bonchev–Trinajstić information content (AvgIpc) is 2.07. The minimum Gasteiger partial charge on any atom is -0.497 e. The minimum absolute atomic E-state index is 0.0725. The van der Waals surface area contributed by atoms with Crippen molar-refractivity contribution in [3.63, 3.8) is 0 Å². The Morgan fingerprint density at radius 3 is 2.19 bits per heavy atom. The van der Waals surface area contributed by atoms with Crippen LogP contribution in [0.1, 0.15) is 53.9 Å². The van der Waals surface area contributed by atoms with Gasteiger partial charge in [-0.3, -0.25) is 4.79 Å². The molecular weight excluding hydrogens is 200 g/mol. The third kappa shape index (κ3) is 2.87. The number of allylic oxidation sites excluding steroid dienone is 1. The van der Waals surface area contributed by atoms with Gasteiger partial charge in [0.1, 0.15) is 11.9 Å². The van der Waals surface area contributed by atoms with Gasteiger partial charge in [-0.15, -0.1) is 0 Å². The summed E-state index contributed by atoms with van der Waals surface area (Å²) in [6.45, 7) is 10.6. The topological polar surface area (TPSA) is 26.3 Å². The number of ketones is 1. The van der Waals surface area contributed by atoms with Crippen LogP contribution >= 0.6 is 0 Å². The Bertz CT molecular complexity index is 267. The van der Waals surface area contributed by atoms with Crippen molar-refractivity contribution in [3.8, 4) is 0 Å². The summed E-state index contributed by atoms with van der Waals surface area (Å²) in [5, 5.41) is 0. The molecule has 0 N–H and O–H groups in total. The Balaban J connectivity index is 2.84. The minimum atomic E-state index is -0.0725. The van der Waals surface area contributed by atoms with Gasteiger partial charge < -0.3 is 4.74 Å². The molecule has 2 nitrogen and oxygen atoms in total. The molecule has 0 aromatic rings. The third-order valence-corrected chi connectivity index (χ3v) is 3.27. The van der Waals surface area contributed by atoms with Crippen LogP contribution in [0.5, 0.6) is 0 Å². The second-order valence-electron chi connectivity index (χ2n) is 6.17. The van der Waals surface area contributed by atoms with Crippen LogP contribution < -0.4 is 0 Å². The quantitative estimate of drug-likeness (QED) is 0.683. The normalized spacial score (nSPS) is 24.9. The van der Waals surface area contributed by atoms with E-state index in [0.717, 1.165) is 6.42 Å². The summed E-state index contributed by atoms with van der Waals surface area (Å²) in [5.74, 6) is 0.356. The summed E-state index contributed by atoms with van der Waals surface area (Å²) in [6, 6.07) is 0. The molecule has 1 saturated carbocycles. The summed E-state index contributed by atoms with van der Waals surface area (Å²) in [7, 11) is 0. The van der Waals surface area contributed by atoms with Gasteiger partial charge in [-0.25, -0.2) is 0 Å². The first-order valence-electron chi connectivity index (χ1n) is 6.12. The number of ether oxygens (including phenoxy) is 1. The van der Waals surface area contributed by atoms with Crippen LogP contribution in [0.15, 0.2) is 12.3 Å². The third-order valence-electron chi connectivity index (χ3n) is 3.27. The van der Waals surface area contributed by atoms with Crippen molar-refractivity contribution in [2.45, 2.75) is 60.0 Å². The zero-order valence-electron chi connectivity index (χ0n) is 11.2. The molecule has 1 rings (SSSR count). The van der Waals surface area contributed by atoms with E-state index < -0.39 is 0 Å². The standard InChI is InChI=1S/C14H24O2/c1-6-7-8-16-12-13(2,3)9-11(15)10-14(12,4)5/h7-8,12H,6,9-10H2,1-5H3. The van der Waals surface area contributed by atoms with Crippen molar-refractivity contribution in [3.05, 3.63) is 12.3 Å². The van der Waals surface area contributed by atoms with Gasteiger partial charge in [-0.05, 0) is 6.42 Å². The van der Waals surface area contributed by atoms with Crippen LogP contribution in [-0.2, 0) is 9.53 Å². The highest BCUT2D eigenvalue weighted by molar-refractivity contribution is 5.81. The first kappa shape index (κ1) is 13.3. The highest BCUT2D eigenvalue weighted by Crippen LogP contribution is 2.46. The SMILES string of the molecule is CCC=COC1C(C)(C)CC(=O)CC1(C)C. The molecule has 0 saturated heterocycles. The molecule has 1 aliphatic carbocycles. The number of hydrogen-bond acceptors (Lipinski definition) is 2. The van der Waals surface area contributed by atoms with E-state index in [1.54, 1.807) is 6.26 Å². The molecule has 1 aliphatic rings. The summed E-state index contributed by atoms with van der Waals surface area (Å²) >= 11 is 0. The lowest BCUT2D eigenvalue weighted by Gasteiger charge is -2.47. The van der Waals surface area contributed by atoms with Gasteiger partial charge in [0.15, 0.2) is 0 Å². The smallest absolute Gasteiger partial charge is 0.134 e. The van der Waals surface area contributed by atoms with E-state index in [-0.39, 0.29) is 16.9 Å². The van der Waals surface area contributed by atoms with Gasteiger partial charge in [-0.1, -0.05) is 40.7 Å². The fourth-order valence-corrected chi connectivity index (χ4v) is 2.92. The summed E-state index contributed by atoms with van der Waals surface area (Å²) in [4.78, 5) is 11.7. The molecular formula is C14H24O2. The van der Waals surface area contributed by atoms with E-state index in [1.165, 1.54) is 0 Å². The number of carbonyl (C=O) groups excluding carboxylic acids is 1. The van der Waals surface area contributed by atoms with E-state index >= 15 is 0 Å². The largest absolute Gasteiger partial charge is 0.497 e. The molecule has 0 radical (unpaired) electrons. The van der Waals surface area contributed by atoms with Crippen LogP contribution in [0.3, 0.4) is 0 Å². The molecule has 0 aliphatic heterocycles. The van der Waals surface area contributed by atoms with Crippen molar-refractivity contribution < 1.29 is 9.53 Å². The zero-order chi connectivity index (χ0) is 12.4. The van der Waals surface area contributed by atoms with Crippen molar-refractivity contribution in [1.82, 2.24) is 0 Å². The lowest BCUT2D eigenvalue weighted by molar-refractivity contribution is -0.141. The molecule has 0 bridgehead atoms. The fraction of sp³-hybridized carbons (Fsp3) is 0.786. The van der Waals surface area contributed by atoms with Crippen LogP contribution in [-0.4, -0.2) is 11.9 Å². The van der Waals surface area contributed by atoms with Gasteiger partial charge in [0, 0.05) is 23.7 Å². The predicted molar refractivity (Wildman–Crippen MR) is 66.1 cm³/mol. The molecule has 0 amide bonds. The molecule has 0 spiro atoms. The first-order chi connectivity index (χ1) is 7.29. The second kappa shape index (κ2) is 4.60. The second-order valence-corrected chi connectivity index (χ2v) is 6.17. The fourth-order valence-electron chi connectivity index (χ4n) is 2.92. The van der Waals surface area contributed by atoms with Gasteiger partial charge in [0.25, 0.3) is 0 Å². The first-order valence-corrected chi connectivity index (χ1v) is 6.12. The summed E-state index contributed by atoms with van der Waals surface area (Å²) in [6.07, 6.45) is 6.15. The molecule has 0 unspecified atom stereocenters. The van der Waals surface area contributed by atoms with E-state index in [2.05, 4.69) is 34.6 Å². The number of Topliss-reactive ketones (excluding diaryl/α,β-unsaturated/α-hetero) is 1. The Morgan fingerprint density at radius 1 is 1.25 bits per heavy atom. The molecule has 16 heavy (non-hydrogen) atoms. The Morgan fingerprint density at radius 2 is 1.75 bits per heavy atom. The van der Waals surface area contributed by atoms with Crippen molar-refractivity contribution in [1.29, 1.82) is 0 Å². The van der Waals surface area contributed by atoms with Gasteiger partial charge in [0.2, 0.25) is 0 Å². The number of carbonyl (C=O) groups is 1. The van der Waals surface area contributed by atoms with E-state index in [4.69, 9.17) is 4.74 Å². The maximum atomic E-state index is 11.7. The molecule has 0 aromatic heterocycles. The average molecular weight is 224 g/mol. The highest BCUT2D eigenvalue weighted by atomic mass is 16.5. The lowest BCUT2D eigenvalue weighted by atomic mass is 9.62.